The Bertz CT molecular complexity index is 603. The highest BCUT2D eigenvalue weighted by atomic mass is 16.4. The molecule has 2 rings (SSSR count). The lowest BCUT2D eigenvalue weighted by Crippen LogP contribution is -2.30. The Kier molecular flexibility index (Phi) is 3.60. The first-order valence-corrected chi connectivity index (χ1v) is 6.62. The molecule has 102 valence electrons. The smallest absolute Gasteiger partial charge is 0.309 e. The van der Waals surface area contributed by atoms with Crippen LogP contribution in [-0.4, -0.2) is 20.9 Å². The molecule has 0 spiro atoms. The third-order valence-corrected chi connectivity index (χ3v) is 3.71. The summed E-state index contributed by atoms with van der Waals surface area (Å²) in [5, 5.41) is 15.0. The molecule has 2 aromatic rings. The van der Waals surface area contributed by atoms with Gasteiger partial charge >= 0.3 is 5.97 Å². The van der Waals surface area contributed by atoms with Crippen molar-refractivity contribution in [2.24, 2.45) is 12.5 Å². The van der Waals surface area contributed by atoms with E-state index in [0.717, 1.165) is 23.0 Å². The minimum Gasteiger partial charge on any atom is -0.481 e. The van der Waals surface area contributed by atoms with Crippen molar-refractivity contribution in [2.45, 2.75) is 33.1 Å². The summed E-state index contributed by atoms with van der Waals surface area (Å²) in [5.41, 5.74) is 1.17. The van der Waals surface area contributed by atoms with Crippen LogP contribution in [-0.2, 0) is 18.3 Å². The van der Waals surface area contributed by atoms with Gasteiger partial charge in [-0.2, -0.15) is 5.10 Å². The molecule has 0 bridgehead atoms. The van der Waals surface area contributed by atoms with Gasteiger partial charge in [-0.15, -0.1) is 0 Å². The van der Waals surface area contributed by atoms with E-state index in [1.54, 1.807) is 0 Å². The summed E-state index contributed by atoms with van der Waals surface area (Å²) >= 11 is 0. The number of hydrogen-bond donors (Lipinski definition) is 1. The highest BCUT2D eigenvalue weighted by molar-refractivity contribution is 5.83. The van der Waals surface area contributed by atoms with Crippen molar-refractivity contribution in [3.8, 4) is 0 Å². The minimum atomic E-state index is -0.746. The van der Waals surface area contributed by atoms with Gasteiger partial charge in [0.05, 0.1) is 16.6 Å². The van der Waals surface area contributed by atoms with Gasteiger partial charge in [-0.3, -0.25) is 9.48 Å². The van der Waals surface area contributed by atoms with Crippen LogP contribution in [0.1, 0.15) is 32.4 Å². The van der Waals surface area contributed by atoms with Crippen LogP contribution >= 0.6 is 0 Å². The molecule has 0 aliphatic carbocycles. The molecule has 0 aliphatic rings. The number of fused-ring (bicyclic) bond motifs is 1. The average molecular weight is 260 g/mol. The average Bonchev–Trinajstić information content (AvgIpc) is 2.67. The van der Waals surface area contributed by atoms with E-state index in [-0.39, 0.29) is 0 Å². The Hall–Kier alpha value is -1.84. The second-order valence-electron chi connectivity index (χ2n) is 5.38. The Balaban J connectivity index is 2.42. The van der Waals surface area contributed by atoms with Crippen molar-refractivity contribution in [3.63, 3.8) is 0 Å². The lowest BCUT2D eigenvalue weighted by molar-refractivity contribution is -0.148. The fourth-order valence-electron chi connectivity index (χ4n) is 2.61. The molecule has 1 heterocycles. The fraction of sp³-hybridized carbons (Fsp3) is 0.467. The minimum absolute atomic E-state index is 0.470. The highest BCUT2D eigenvalue weighted by Crippen LogP contribution is 2.31. The lowest BCUT2D eigenvalue weighted by atomic mass is 9.81. The van der Waals surface area contributed by atoms with Gasteiger partial charge in [-0.25, -0.2) is 0 Å². The molecule has 4 heteroatoms. The highest BCUT2D eigenvalue weighted by Gasteiger charge is 2.33. The summed E-state index contributed by atoms with van der Waals surface area (Å²) in [7, 11) is 1.89. The van der Waals surface area contributed by atoms with Gasteiger partial charge in [0.25, 0.3) is 0 Å². The number of carbonyl (C=O) groups is 1. The van der Waals surface area contributed by atoms with E-state index < -0.39 is 11.4 Å². The summed E-state index contributed by atoms with van der Waals surface area (Å²) in [6, 6.07) is 7.94. The quantitative estimate of drug-likeness (QED) is 0.899. The molecule has 1 aromatic carbocycles. The number of benzene rings is 1. The van der Waals surface area contributed by atoms with Crippen molar-refractivity contribution in [1.82, 2.24) is 9.78 Å². The standard InChI is InChI=1S/C15H20N2O2/c1-4-9-15(2,14(18)19)10-12-11-7-5-6-8-13(11)17(3)16-12/h5-8H,4,9-10H2,1-3H3,(H,18,19). The van der Waals surface area contributed by atoms with Crippen LogP contribution in [0.5, 0.6) is 0 Å². The molecule has 0 saturated heterocycles. The van der Waals surface area contributed by atoms with Gasteiger partial charge < -0.3 is 5.11 Å². The summed E-state index contributed by atoms with van der Waals surface area (Å²) < 4.78 is 1.82. The van der Waals surface area contributed by atoms with Crippen LogP contribution < -0.4 is 0 Å². The van der Waals surface area contributed by atoms with E-state index >= 15 is 0 Å². The molecule has 0 fully saturated rings. The maximum absolute atomic E-state index is 11.5. The Morgan fingerprint density at radius 3 is 2.74 bits per heavy atom. The molecule has 1 atom stereocenters. The number of rotatable bonds is 5. The van der Waals surface area contributed by atoms with Crippen molar-refractivity contribution in [3.05, 3.63) is 30.0 Å². The number of aryl methyl sites for hydroxylation is 1. The number of aromatic nitrogens is 2. The lowest BCUT2D eigenvalue weighted by Gasteiger charge is -2.23. The van der Waals surface area contributed by atoms with E-state index in [4.69, 9.17) is 0 Å². The fourth-order valence-corrected chi connectivity index (χ4v) is 2.61. The van der Waals surface area contributed by atoms with Gasteiger partial charge in [-0.05, 0) is 19.4 Å². The van der Waals surface area contributed by atoms with Gasteiger partial charge in [0.2, 0.25) is 0 Å². The van der Waals surface area contributed by atoms with Crippen LogP contribution in [0.2, 0.25) is 0 Å². The van der Waals surface area contributed by atoms with Crippen LogP contribution in [0.4, 0.5) is 0 Å². The number of carboxylic acids is 1. The first-order valence-electron chi connectivity index (χ1n) is 6.62. The predicted molar refractivity (Wildman–Crippen MR) is 75.1 cm³/mol. The topological polar surface area (TPSA) is 55.1 Å². The summed E-state index contributed by atoms with van der Waals surface area (Å²) in [4.78, 5) is 11.5. The molecule has 1 N–H and O–H groups in total. The van der Waals surface area contributed by atoms with Crippen molar-refractivity contribution in [1.29, 1.82) is 0 Å². The number of aliphatic carboxylic acids is 1. The molecule has 0 amide bonds. The van der Waals surface area contributed by atoms with E-state index in [9.17, 15) is 9.90 Å². The van der Waals surface area contributed by atoms with Crippen LogP contribution in [0.25, 0.3) is 10.9 Å². The van der Waals surface area contributed by atoms with E-state index in [0.29, 0.717) is 12.8 Å². The van der Waals surface area contributed by atoms with E-state index in [1.165, 1.54) is 0 Å². The Morgan fingerprint density at radius 1 is 1.42 bits per heavy atom. The van der Waals surface area contributed by atoms with Gasteiger partial charge in [0.15, 0.2) is 0 Å². The molecule has 0 radical (unpaired) electrons. The van der Waals surface area contributed by atoms with Crippen molar-refractivity contribution >= 4 is 16.9 Å². The number of carboxylic acid groups (broad SMARTS) is 1. The molecule has 1 aromatic heterocycles. The first-order chi connectivity index (χ1) is 8.98. The zero-order valence-electron chi connectivity index (χ0n) is 11.7. The SMILES string of the molecule is CCCC(C)(Cc1nn(C)c2ccccc12)C(=O)O. The summed E-state index contributed by atoms with van der Waals surface area (Å²) in [6.07, 6.45) is 1.98. The largest absolute Gasteiger partial charge is 0.481 e. The van der Waals surface area contributed by atoms with Crippen LogP contribution in [0.15, 0.2) is 24.3 Å². The Morgan fingerprint density at radius 2 is 2.11 bits per heavy atom. The molecular weight excluding hydrogens is 240 g/mol. The second kappa shape index (κ2) is 5.03. The van der Waals surface area contributed by atoms with Crippen molar-refractivity contribution in [2.75, 3.05) is 0 Å². The van der Waals surface area contributed by atoms with Crippen molar-refractivity contribution < 1.29 is 9.90 Å². The van der Waals surface area contributed by atoms with Gasteiger partial charge in [-0.1, -0.05) is 31.5 Å². The molecular formula is C15H20N2O2. The first kappa shape index (κ1) is 13.6. The summed E-state index contributed by atoms with van der Waals surface area (Å²) in [5.74, 6) is -0.746. The van der Waals surface area contributed by atoms with E-state index in [1.807, 2.05) is 49.8 Å². The Labute approximate surface area is 113 Å². The maximum Gasteiger partial charge on any atom is 0.309 e. The third-order valence-electron chi connectivity index (χ3n) is 3.71. The number of hydrogen-bond acceptors (Lipinski definition) is 2. The molecule has 4 nitrogen and oxygen atoms in total. The van der Waals surface area contributed by atoms with E-state index in [2.05, 4.69) is 5.10 Å². The summed E-state index contributed by atoms with van der Waals surface area (Å²) in [6.45, 7) is 3.82. The van der Waals surface area contributed by atoms with Gasteiger partial charge in [0, 0.05) is 18.9 Å². The second-order valence-corrected chi connectivity index (χ2v) is 5.38. The number of nitrogens with zero attached hydrogens (tertiary/aromatic N) is 2. The third kappa shape index (κ3) is 2.48. The normalized spacial score (nSPS) is 14.5. The molecule has 19 heavy (non-hydrogen) atoms. The molecule has 0 aliphatic heterocycles. The zero-order chi connectivity index (χ0) is 14.0. The maximum atomic E-state index is 11.5. The van der Waals surface area contributed by atoms with Gasteiger partial charge in [0.1, 0.15) is 0 Å². The number of para-hydroxylation sites is 1. The predicted octanol–water partition coefficient (Wildman–Crippen LogP) is 3.01. The zero-order valence-corrected chi connectivity index (χ0v) is 11.7. The van der Waals surface area contributed by atoms with Crippen LogP contribution in [0.3, 0.4) is 0 Å². The molecule has 0 saturated carbocycles. The van der Waals surface area contributed by atoms with Crippen LogP contribution in [0, 0.1) is 5.41 Å². The molecule has 1 unspecified atom stereocenters. The monoisotopic (exact) mass is 260 g/mol.